The second kappa shape index (κ2) is 5.20. The van der Waals surface area contributed by atoms with Crippen LogP contribution in [0.25, 0.3) is 0 Å². The highest BCUT2D eigenvalue weighted by atomic mass is 16.4. The fraction of sp³-hybridized carbons (Fsp3) is 0.900. The molecule has 1 rings (SSSR count). The topological polar surface area (TPSA) is 61.8 Å². The van der Waals surface area contributed by atoms with Crippen LogP contribution in [0.4, 0.5) is 0 Å². The third kappa shape index (κ3) is 3.18. The van der Waals surface area contributed by atoms with Gasteiger partial charge in [0.15, 0.2) is 0 Å². The van der Waals surface area contributed by atoms with Crippen molar-refractivity contribution in [2.45, 2.75) is 26.7 Å². The van der Waals surface area contributed by atoms with Crippen molar-refractivity contribution < 1.29 is 5.21 Å². The van der Waals surface area contributed by atoms with Crippen molar-refractivity contribution in [1.82, 2.24) is 4.90 Å². The van der Waals surface area contributed by atoms with Gasteiger partial charge in [-0.2, -0.15) is 0 Å². The van der Waals surface area contributed by atoms with Gasteiger partial charge in [-0.3, -0.25) is 0 Å². The van der Waals surface area contributed by atoms with E-state index in [-0.39, 0.29) is 0 Å². The molecule has 1 saturated heterocycles. The number of nitrogens with two attached hydrogens (primary N) is 1. The third-order valence-corrected chi connectivity index (χ3v) is 3.23. The van der Waals surface area contributed by atoms with E-state index in [9.17, 15) is 0 Å². The largest absolute Gasteiger partial charge is 0.409 e. The van der Waals surface area contributed by atoms with Gasteiger partial charge in [-0.05, 0) is 24.8 Å². The molecule has 1 fully saturated rings. The number of likely N-dealkylation sites (tertiary alicyclic amines) is 1. The normalized spacial score (nSPS) is 30.6. The number of nitrogens with zero attached hydrogens (tertiary/aromatic N) is 2. The second-order valence-corrected chi connectivity index (χ2v) is 4.39. The van der Waals surface area contributed by atoms with Crippen LogP contribution in [0.1, 0.15) is 26.7 Å². The average molecular weight is 199 g/mol. The molecular weight excluding hydrogens is 178 g/mol. The molecule has 82 valence electrons. The molecule has 2 unspecified atom stereocenters. The van der Waals surface area contributed by atoms with Crippen molar-refractivity contribution in [3.05, 3.63) is 0 Å². The predicted octanol–water partition coefficient (Wildman–Crippen LogP) is 1.10. The van der Waals surface area contributed by atoms with Gasteiger partial charge in [0, 0.05) is 19.5 Å². The Morgan fingerprint density at radius 3 is 2.79 bits per heavy atom. The van der Waals surface area contributed by atoms with Crippen LogP contribution < -0.4 is 5.73 Å². The van der Waals surface area contributed by atoms with Crippen molar-refractivity contribution >= 4 is 5.84 Å². The standard InChI is InChI=1S/C10H21N3O/c1-8-3-5-13(7-9(8)2)6-4-10(11)12-14/h8-9,14H,3-7H2,1-2H3,(H2,11,12). The summed E-state index contributed by atoms with van der Waals surface area (Å²) in [6.45, 7) is 7.79. The van der Waals surface area contributed by atoms with E-state index in [1.807, 2.05) is 0 Å². The summed E-state index contributed by atoms with van der Waals surface area (Å²) in [6.07, 6.45) is 1.93. The molecule has 0 saturated carbocycles. The van der Waals surface area contributed by atoms with Crippen LogP contribution in [0.15, 0.2) is 5.16 Å². The number of oxime groups is 1. The molecule has 0 radical (unpaired) electrons. The van der Waals surface area contributed by atoms with E-state index in [0.717, 1.165) is 31.5 Å². The smallest absolute Gasteiger partial charge is 0.140 e. The van der Waals surface area contributed by atoms with Crippen LogP contribution in [-0.4, -0.2) is 35.6 Å². The van der Waals surface area contributed by atoms with Crippen LogP contribution in [-0.2, 0) is 0 Å². The lowest BCUT2D eigenvalue weighted by atomic mass is 9.89. The molecule has 0 aromatic carbocycles. The molecule has 1 heterocycles. The van der Waals surface area contributed by atoms with Gasteiger partial charge in [0.25, 0.3) is 0 Å². The van der Waals surface area contributed by atoms with E-state index in [1.165, 1.54) is 6.42 Å². The Balaban J connectivity index is 2.26. The summed E-state index contributed by atoms with van der Waals surface area (Å²) in [7, 11) is 0. The van der Waals surface area contributed by atoms with Crippen molar-refractivity contribution in [2.24, 2.45) is 22.7 Å². The monoisotopic (exact) mass is 199 g/mol. The van der Waals surface area contributed by atoms with Gasteiger partial charge < -0.3 is 15.8 Å². The lowest BCUT2D eigenvalue weighted by Gasteiger charge is -2.35. The molecule has 0 amide bonds. The zero-order valence-electron chi connectivity index (χ0n) is 9.11. The first-order chi connectivity index (χ1) is 6.63. The summed E-state index contributed by atoms with van der Waals surface area (Å²) in [6, 6.07) is 0. The summed E-state index contributed by atoms with van der Waals surface area (Å²) in [5, 5.41) is 11.4. The van der Waals surface area contributed by atoms with E-state index in [1.54, 1.807) is 0 Å². The Morgan fingerprint density at radius 2 is 2.21 bits per heavy atom. The first-order valence-electron chi connectivity index (χ1n) is 5.32. The minimum Gasteiger partial charge on any atom is -0.409 e. The highest BCUT2D eigenvalue weighted by Crippen LogP contribution is 2.22. The highest BCUT2D eigenvalue weighted by Gasteiger charge is 2.22. The van der Waals surface area contributed by atoms with Crippen LogP contribution in [0, 0.1) is 11.8 Å². The van der Waals surface area contributed by atoms with Crippen molar-refractivity contribution in [3.63, 3.8) is 0 Å². The summed E-state index contributed by atoms with van der Waals surface area (Å²) < 4.78 is 0. The third-order valence-electron chi connectivity index (χ3n) is 3.23. The Labute approximate surface area is 85.8 Å². The number of amidine groups is 1. The maximum atomic E-state index is 8.40. The zero-order chi connectivity index (χ0) is 10.6. The van der Waals surface area contributed by atoms with E-state index >= 15 is 0 Å². The summed E-state index contributed by atoms with van der Waals surface area (Å²) in [5.41, 5.74) is 5.43. The Kier molecular flexibility index (Phi) is 4.20. The lowest BCUT2D eigenvalue weighted by Crippen LogP contribution is -2.39. The highest BCUT2D eigenvalue weighted by molar-refractivity contribution is 5.79. The average Bonchev–Trinajstić information content (AvgIpc) is 2.19. The van der Waals surface area contributed by atoms with Crippen molar-refractivity contribution in [2.75, 3.05) is 19.6 Å². The maximum Gasteiger partial charge on any atom is 0.140 e. The van der Waals surface area contributed by atoms with E-state index in [0.29, 0.717) is 12.3 Å². The van der Waals surface area contributed by atoms with Gasteiger partial charge in [0.05, 0.1) is 0 Å². The molecule has 2 atom stereocenters. The summed E-state index contributed by atoms with van der Waals surface area (Å²) in [5.74, 6) is 1.92. The lowest BCUT2D eigenvalue weighted by molar-refractivity contribution is 0.141. The molecule has 1 aliphatic rings. The van der Waals surface area contributed by atoms with Gasteiger partial charge in [-0.25, -0.2) is 0 Å². The minimum absolute atomic E-state index is 0.330. The van der Waals surface area contributed by atoms with E-state index in [4.69, 9.17) is 10.9 Å². The molecule has 0 aromatic rings. The Morgan fingerprint density at radius 1 is 1.50 bits per heavy atom. The molecule has 3 N–H and O–H groups in total. The van der Waals surface area contributed by atoms with Gasteiger partial charge >= 0.3 is 0 Å². The van der Waals surface area contributed by atoms with Crippen molar-refractivity contribution in [3.8, 4) is 0 Å². The molecule has 4 nitrogen and oxygen atoms in total. The fourth-order valence-electron chi connectivity index (χ4n) is 1.87. The SMILES string of the molecule is CC1CCN(CC/C(N)=N/O)CC1C. The van der Waals surface area contributed by atoms with Crippen LogP contribution in [0.3, 0.4) is 0 Å². The van der Waals surface area contributed by atoms with Gasteiger partial charge in [0.1, 0.15) is 5.84 Å². The number of hydrogen-bond donors (Lipinski definition) is 2. The maximum absolute atomic E-state index is 8.40. The van der Waals surface area contributed by atoms with E-state index < -0.39 is 0 Å². The molecule has 0 aromatic heterocycles. The molecule has 0 aliphatic carbocycles. The number of hydrogen-bond acceptors (Lipinski definition) is 3. The fourth-order valence-corrected chi connectivity index (χ4v) is 1.87. The Bertz CT molecular complexity index is 206. The Hall–Kier alpha value is -0.770. The van der Waals surface area contributed by atoms with Crippen molar-refractivity contribution in [1.29, 1.82) is 0 Å². The van der Waals surface area contributed by atoms with Gasteiger partial charge in [0.2, 0.25) is 0 Å². The first kappa shape index (κ1) is 11.3. The second-order valence-electron chi connectivity index (χ2n) is 4.39. The molecule has 0 bridgehead atoms. The van der Waals surface area contributed by atoms with Gasteiger partial charge in [-0.1, -0.05) is 19.0 Å². The zero-order valence-corrected chi connectivity index (χ0v) is 9.11. The quantitative estimate of drug-likeness (QED) is 0.310. The molecule has 1 aliphatic heterocycles. The summed E-state index contributed by atoms with van der Waals surface area (Å²) in [4.78, 5) is 2.39. The molecule has 14 heavy (non-hydrogen) atoms. The first-order valence-corrected chi connectivity index (χ1v) is 5.32. The van der Waals surface area contributed by atoms with Gasteiger partial charge in [-0.15, -0.1) is 0 Å². The number of rotatable bonds is 3. The minimum atomic E-state index is 0.330. The van der Waals surface area contributed by atoms with E-state index in [2.05, 4.69) is 23.9 Å². The molecule has 0 spiro atoms. The predicted molar refractivity (Wildman–Crippen MR) is 57.4 cm³/mol. The summed E-state index contributed by atoms with van der Waals surface area (Å²) >= 11 is 0. The van der Waals surface area contributed by atoms with Crippen LogP contribution >= 0.6 is 0 Å². The molecular formula is C10H21N3O. The molecule has 4 heteroatoms. The number of piperidine rings is 1. The van der Waals surface area contributed by atoms with Crippen LogP contribution in [0.2, 0.25) is 0 Å². The van der Waals surface area contributed by atoms with Crippen LogP contribution in [0.5, 0.6) is 0 Å².